The van der Waals surface area contributed by atoms with E-state index in [1.807, 2.05) is 34.9 Å². The predicted molar refractivity (Wildman–Crippen MR) is 90.0 cm³/mol. The molecule has 1 fully saturated rings. The van der Waals surface area contributed by atoms with Crippen molar-refractivity contribution in [1.29, 1.82) is 0 Å². The standard InChI is InChI=1S/C17H23N3S/c1-19(16-9-5-10-17(16)21-2)13-14-7-3-4-8-15(14)20-12-6-11-18-20/h3-4,6-8,11-12,16-17H,5,9-10,13H2,1-2H3/t16-,17+/m0/s1. The van der Waals surface area contributed by atoms with E-state index in [0.717, 1.165) is 11.8 Å². The van der Waals surface area contributed by atoms with Gasteiger partial charge in [0.2, 0.25) is 0 Å². The molecule has 0 amide bonds. The first-order chi connectivity index (χ1) is 10.3. The molecular weight excluding hydrogens is 278 g/mol. The lowest BCUT2D eigenvalue weighted by atomic mass is 10.1. The quantitative estimate of drug-likeness (QED) is 0.842. The molecule has 0 N–H and O–H groups in total. The minimum absolute atomic E-state index is 0.700. The first kappa shape index (κ1) is 14.7. The Labute approximate surface area is 131 Å². The molecule has 0 aliphatic heterocycles. The summed E-state index contributed by atoms with van der Waals surface area (Å²) in [6.45, 7) is 0.984. The highest BCUT2D eigenvalue weighted by Gasteiger charge is 2.29. The van der Waals surface area contributed by atoms with Crippen molar-refractivity contribution >= 4 is 11.8 Å². The Morgan fingerprint density at radius 2 is 2.14 bits per heavy atom. The molecule has 0 saturated heterocycles. The first-order valence-corrected chi connectivity index (χ1v) is 8.89. The first-order valence-electron chi connectivity index (χ1n) is 7.60. The zero-order chi connectivity index (χ0) is 14.7. The van der Waals surface area contributed by atoms with E-state index in [1.54, 1.807) is 0 Å². The molecule has 0 spiro atoms. The number of hydrogen-bond donors (Lipinski definition) is 0. The number of thioether (sulfide) groups is 1. The fourth-order valence-corrected chi connectivity index (χ4v) is 4.41. The summed E-state index contributed by atoms with van der Waals surface area (Å²) in [5.41, 5.74) is 2.53. The van der Waals surface area contributed by atoms with Crippen LogP contribution in [-0.2, 0) is 6.54 Å². The third-order valence-electron chi connectivity index (χ3n) is 4.45. The topological polar surface area (TPSA) is 21.1 Å². The van der Waals surface area contributed by atoms with Gasteiger partial charge in [-0.25, -0.2) is 4.68 Å². The summed E-state index contributed by atoms with van der Waals surface area (Å²) >= 11 is 2.02. The van der Waals surface area contributed by atoms with Crippen molar-refractivity contribution in [3.05, 3.63) is 48.3 Å². The number of aromatic nitrogens is 2. The van der Waals surface area contributed by atoms with E-state index in [1.165, 1.54) is 30.5 Å². The Hall–Kier alpha value is -1.26. The lowest BCUT2D eigenvalue weighted by Gasteiger charge is -2.29. The monoisotopic (exact) mass is 301 g/mol. The van der Waals surface area contributed by atoms with Gasteiger partial charge in [-0.05, 0) is 43.8 Å². The summed E-state index contributed by atoms with van der Waals surface area (Å²) in [5, 5.41) is 5.16. The smallest absolute Gasteiger partial charge is 0.0690 e. The van der Waals surface area contributed by atoms with Crippen LogP contribution in [-0.4, -0.2) is 39.3 Å². The predicted octanol–water partition coefficient (Wildman–Crippen LogP) is 3.59. The van der Waals surface area contributed by atoms with E-state index < -0.39 is 0 Å². The Kier molecular flexibility index (Phi) is 4.66. The fourth-order valence-electron chi connectivity index (χ4n) is 3.35. The Morgan fingerprint density at radius 3 is 2.90 bits per heavy atom. The highest BCUT2D eigenvalue weighted by Crippen LogP contribution is 2.32. The lowest BCUT2D eigenvalue weighted by Crippen LogP contribution is -2.35. The molecule has 0 radical (unpaired) electrons. The molecule has 1 saturated carbocycles. The van der Waals surface area contributed by atoms with Crippen LogP contribution >= 0.6 is 11.8 Å². The van der Waals surface area contributed by atoms with Crippen molar-refractivity contribution in [1.82, 2.24) is 14.7 Å². The van der Waals surface area contributed by atoms with Gasteiger partial charge in [-0.1, -0.05) is 24.6 Å². The largest absolute Gasteiger partial charge is 0.298 e. The summed E-state index contributed by atoms with van der Waals surface area (Å²) in [6, 6.07) is 11.2. The van der Waals surface area contributed by atoms with Crippen LogP contribution in [0.4, 0.5) is 0 Å². The molecule has 4 heteroatoms. The van der Waals surface area contributed by atoms with Crippen molar-refractivity contribution in [3.63, 3.8) is 0 Å². The molecule has 2 aromatic rings. The maximum Gasteiger partial charge on any atom is 0.0690 e. The molecule has 21 heavy (non-hydrogen) atoms. The van der Waals surface area contributed by atoms with Gasteiger partial charge in [0.05, 0.1) is 5.69 Å². The summed E-state index contributed by atoms with van der Waals surface area (Å²) in [7, 11) is 2.26. The molecule has 1 heterocycles. The number of rotatable bonds is 5. The molecule has 1 aromatic carbocycles. The third kappa shape index (κ3) is 3.16. The molecule has 0 bridgehead atoms. The maximum absolute atomic E-state index is 4.38. The van der Waals surface area contributed by atoms with Crippen molar-refractivity contribution in [2.24, 2.45) is 0 Å². The molecule has 0 unspecified atom stereocenters. The van der Waals surface area contributed by atoms with E-state index in [9.17, 15) is 0 Å². The molecule has 2 atom stereocenters. The molecule has 3 nitrogen and oxygen atoms in total. The van der Waals surface area contributed by atoms with Gasteiger partial charge in [-0.3, -0.25) is 4.90 Å². The third-order valence-corrected chi connectivity index (χ3v) is 5.60. The van der Waals surface area contributed by atoms with Gasteiger partial charge in [0, 0.05) is 30.2 Å². The van der Waals surface area contributed by atoms with Gasteiger partial charge in [0.15, 0.2) is 0 Å². The van der Waals surface area contributed by atoms with E-state index >= 15 is 0 Å². The average molecular weight is 301 g/mol. The fraction of sp³-hybridized carbons (Fsp3) is 0.471. The van der Waals surface area contributed by atoms with Crippen LogP contribution in [0.5, 0.6) is 0 Å². The molecule has 1 aromatic heterocycles. The van der Waals surface area contributed by atoms with E-state index in [0.29, 0.717) is 6.04 Å². The van der Waals surface area contributed by atoms with Crippen LogP contribution < -0.4 is 0 Å². The summed E-state index contributed by atoms with van der Waals surface area (Å²) in [6.07, 6.45) is 10.1. The second kappa shape index (κ2) is 6.67. The van der Waals surface area contributed by atoms with Gasteiger partial charge in [-0.15, -0.1) is 0 Å². The Morgan fingerprint density at radius 1 is 1.29 bits per heavy atom. The van der Waals surface area contributed by atoms with Crippen LogP contribution in [0.1, 0.15) is 24.8 Å². The van der Waals surface area contributed by atoms with Crippen molar-refractivity contribution in [2.75, 3.05) is 13.3 Å². The van der Waals surface area contributed by atoms with Gasteiger partial charge < -0.3 is 0 Å². The normalized spacial score (nSPS) is 22.0. The van der Waals surface area contributed by atoms with Crippen molar-refractivity contribution in [2.45, 2.75) is 37.1 Å². The van der Waals surface area contributed by atoms with Crippen molar-refractivity contribution in [3.8, 4) is 5.69 Å². The molecular formula is C17H23N3S. The summed E-state index contributed by atoms with van der Waals surface area (Å²) in [5.74, 6) is 0. The Balaban J connectivity index is 1.79. The van der Waals surface area contributed by atoms with Crippen LogP contribution in [0, 0.1) is 0 Å². The molecule has 1 aliphatic carbocycles. The number of benzene rings is 1. The highest BCUT2D eigenvalue weighted by atomic mass is 32.2. The second-order valence-corrected chi connectivity index (χ2v) is 6.84. The molecule has 3 rings (SSSR count). The summed E-state index contributed by atoms with van der Waals surface area (Å²) < 4.78 is 1.96. The zero-order valence-corrected chi connectivity index (χ0v) is 13.6. The molecule has 112 valence electrons. The van der Waals surface area contributed by atoms with E-state index in [4.69, 9.17) is 0 Å². The van der Waals surface area contributed by atoms with Gasteiger partial charge in [-0.2, -0.15) is 16.9 Å². The average Bonchev–Trinajstić information content (AvgIpc) is 3.19. The van der Waals surface area contributed by atoms with Crippen LogP contribution in [0.3, 0.4) is 0 Å². The molecule has 1 aliphatic rings. The highest BCUT2D eigenvalue weighted by molar-refractivity contribution is 7.99. The van der Waals surface area contributed by atoms with Gasteiger partial charge >= 0.3 is 0 Å². The minimum Gasteiger partial charge on any atom is -0.298 e. The second-order valence-electron chi connectivity index (χ2n) is 5.77. The van der Waals surface area contributed by atoms with Crippen molar-refractivity contribution < 1.29 is 0 Å². The van der Waals surface area contributed by atoms with Gasteiger partial charge in [0.1, 0.15) is 0 Å². The van der Waals surface area contributed by atoms with Crippen LogP contribution in [0.15, 0.2) is 42.7 Å². The van der Waals surface area contributed by atoms with Crippen LogP contribution in [0.25, 0.3) is 5.69 Å². The van der Waals surface area contributed by atoms with E-state index in [2.05, 4.69) is 47.6 Å². The number of para-hydroxylation sites is 1. The van der Waals surface area contributed by atoms with E-state index in [-0.39, 0.29) is 0 Å². The number of nitrogens with zero attached hydrogens (tertiary/aromatic N) is 3. The maximum atomic E-state index is 4.38. The Bertz CT molecular complexity index is 567. The van der Waals surface area contributed by atoms with Gasteiger partial charge in [0.25, 0.3) is 0 Å². The summed E-state index contributed by atoms with van der Waals surface area (Å²) in [4.78, 5) is 2.52. The lowest BCUT2D eigenvalue weighted by molar-refractivity contribution is 0.241. The minimum atomic E-state index is 0.700. The SMILES string of the molecule is CS[C@@H]1CCC[C@@H]1N(C)Cc1ccccc1-n1cccn1. The van der Waals surface area contributed by atoms with Crippen LogP contribution in [0.2, 0.25) is 0 Å². The zero-order valence-electron chi connectivity index (χ0n) is 12.8. The number of hydrogen-bond acceptors (Lipinski definition) is 3.